The number of phenolic OH excluding ortho intramolecular Hbond substituents is 1. The normalized spacial score (nSPS) is 12.1. The van der Waals surface area contributed by atoms with E-state index in [-0.39, 0.29) is 11.7 Å². The van der Waals surface area contributed by atoms with Crippen molar-refractivity contribution in [3.63, 3.8) is 0 Å². The molecule has 0 radical (unpaired) electrons. The first-order valence-electron chi connectivity index (χ1n) is 5.69. The minimum atomic E-state index is -0.672. The van der Waals surface area contributed by atoms with Crippen molar-refractivity contribution < 1.29 is 9.90 Å². The Balaban J connectivity index is 1.94. The number of phenols is 1. The zero-order valence-corrected chi connectivity index (χ0v) is 11.1. The highest BCUT2D eigenvalue weighted by atomic mass is 32.1. The van der Waals surface area contributed by atoms with Crippen LogP contribution in [0.1, 0.15) is 11.4 Å². The van der Waals surface area contributed by atoms with Crippen molar-refractivity contribution in [2.24, 2.45) is 5.73 Å². The predicted octanol–water partition coefficient (Wildman–Crippen LogP) is 1.06. The number of aryl methyl sites for hydroxylation is 1. The molecule has 1 atom stereocenters. The Labute approximate surface area is 114 Å². The topological polar surface area (TPSA) is 101 Å². The summed E-state index contributed by atoms with van der Waals surface area (Å²) in [7, 11) is 0. The van der Waals surface area contributed by atoms with E-state index in [0.29, 0.717) is 17.4 Å². The molecule has 4 N–H and O–H groups in total. The third kappa shape index (κ3) is 3.73. The van der Waals surface area contributed by atoms with Gasteiger partial charge in [0.15, 0.2) is 0 Å². The zero-order chi connectivity index (χ0) is 13.8. The van der Waals surface area contributed by atoms with Gasteiger partial charge in [0, 0.05) is 11.5 Å². The van der Waals surface area contributed by atoms with Gasteiger partial charge in [0.05, 0.1) is 6.04 Å². The molecule has 0 spiro atoms. The Morgan fingerprint density at radius 1 is 1.47 bits per heavy atom. The van der Waals surface area contributed by atoms with Crippen molar-refractivity contribution in [2.45, 2.75) is 19.4 Å². The molecule has 1 unspecified atom stereocenters. The molecule has 1 amide bonds. The van der Waals surface area contributed by atoms with Gasteiger partial charge in [-0.2, -0.15) is 4.37 Å². The van der Waals surface area contributed by atoms with E-state index in [9.17, 15) is 9.90 Å². The van der Waals surface area contributed by atoms with E-state index >= 15 is 0 Å². The van der Waals surface area contributed by atoms with Gasteiger partial charge in [-0.25, -0.2) is 4.98 Å². The van der Waals surface area contributed by atoms with Crippen LogP contribution >= 0.6 is 11.5 Å². The highest BCUT2D eigenvalue weighted by molar-refractivity contribution is 7.09. The number of rotatable bonds is 4. The average Bonchev–Trinajstić information content (AvgIpc) is 2.77. The molecule has 1 heterocycles. The lowest BCUT2D eigenvalue weighted by Crippen LogP contribution is -2.37. The fraction of sp³-hybridized carbons (Fsp3) is 0.250. The van der Waals surface area contributed by atoms with Gasteiger partial charge in [0.25, 0.3) is 0 Å². The van der Waals surface area contributed by atoms with Gasteiger partial charge >= 0.3 is 0 Å². The molecule has 7 heteroatoms. The molecule has 0 aliphatic heterocycles. The van der Waals surface area contributed by atoms with Crippen LogP contribution in [-0.2, 0) is 11.2 Å². The van der Waals surface area contributed by atoms with Crippen LogP contribution < -0.4 is 11.1 Å². The maximum atomic E-state index is 11.8. The minimum Gasteiger partial charge on any atom is -0.508 e. The fourth-order valence-corrected chi connectivity index (χ4v) is 2.10. The van der Waals surface area contributed by atoms with E-state index in [4.69, 9.17) is 5.73 Å². The lowest BCUT2D eigenvalue weighted by Gasteiger charge is -2.10. The fourth-order valence-electron chi connectivity index (χ4n) is 1.52. The second-order valence-electron chi connectivity index (χ2n) is 4.11. The number of amides is 1. The summed E-state index contributed by atoms with van der Waals surface area (Å²) < 4.78 is 3.97. The third-order valence-electron chi connectivity index (χ3n) is 2.49. The summed E-state index contributed by atoms with van der Waals surface area (Å²) in [6, 6.07) is 5.92. The first kappa shape index (κ1) is 13.4. The van der Waals surface area contributed by atoms with Crippen LogP contribution in [0.4, 0.5) is 5.13 Å². The van der Waals surface area contributed by atoms with E-state index in [1.165, 1.54) is 0 Å². The molecule has 0 fully saturated rings. The molecule has 0 saturated heterocycles. The van der Waals surface area contributed by atoms with Crippen molar-refractivity contribution >= 4 is 22.6 Å². The summed E-state index contributed by atoms with van der Waals surface area (Å²) in [5.41, 5.74) is 6.71. The molecule has 2 aromatic rings. The summed E-state index contributed by atoms with van der Waals surface area (Å²) in [4.78, 5) is 15.9. The molecule has 0 bridgehead atoms. The van der Waals surface area contributed by atoms with Crippen LogP contribution in [-0.4, -0.2) is 26.4 Å². The van der Waals surface area contributed by atoms with Crippen molar-refractivity contribution in [2.75, 3.05) is 5.32 Å². The van der Waals surface area contributed by atoms with E-state index in [2.05, 4.69) is 14.7 Å². The summed E-state index contributed by atoms with van der Waals surface area (Å²) >= 11 is 1.12. The molecule has 1 aromatic carbocycles. The molecular formula is C12H14N4O2S. The average molecular weight is 278 g/mol. The molecular weight excluding hydrogens is 264 g/mol. The number of carbonyl (C=O) groups is 1. The predicted molar refractivity (Wildman–Crippen MR) is 73.1 cm³/mol. The van der Waals surface area contributed by atoms with Gasteiger partial charge in [-0.15, -0.1) is 0 Å². The lowest BCUT2D eigenvalue weighted by molar-refractivity contribution is -0.117. The van der Waals surface area contributed by atoms with Crippen molar-refractivity contribution in [1.82, 2.24) is 9.36 Å². The van der Waals surface area contributed by atoms with Crippen molar-refractivity contribution in [3.05, 3.63) is 35.7 Å². The standard InChI is InChI=1S/C12H14N4O2S/c1-7-14-12(19-16-7)15-11(18)10(13)6-8-2-4-9(17)5-3-8/h2-5,10,17H,6,13H2,1H3,(H,14,15,16,18). The number of nitrogens with one attached hydrogen (secondary N) is 1. The van der Waals surface area contributed by atoms with Gasteiger partial charge in [-0.05, 0) is 31.0 Å². The van der Waals surface area contributed by atoms with Crippen LogP contribution in [0.3, 0.4) is 0 Å². The van der Waals surface area contributed by atoms with Crippen LogP contribution in [0.2, 0.25) is 0 Å². The molecule has 2 rings (SSSR count). The summed E-state index contributed by atoms with van der Waals surface area (Å²) in [6.45, 7) is 1.75. The van der Waals surface area contributed by atoms with Gasteiger partial charge in [-0.3, -0.25) is 10.1 Å². The third-order valence-corrected chi connectivity index (χ3v) is 3.21. The SMILES string of the molecule is Cc1nsc(NC(=O)C(N)Cc2ccc(O)cc2)n1. The Morgan fingerprint density at radius 2 is 2.16 bits per heavy atom. The molecule has 0 aliphatic rings. The molecule has 19 heavy (non-hydrogen) atoms. The second-order valence-corrected chi connectivity index (χ2v) is 4.86. The molecule has 0 saturated carbocycles. The van der Waals surface area contributed by atoms with Gasteiger partial charge < -0.3 is 10.8 Å². The quantitative estimate of drug-likeness (QED) is 0.776. The number of aromatic nitrogens is 2. The molecule has 100 valence electrons. The van der Waals surface area contributed by atoms with Crippen LogP contribution in [0.15, 0.2) is 24.3 Å². The van der Waals surface area contributed by atoms with Crippen LogP contribution in [0, 0.1) is 6.92 Å². The number of carbonyl (C=O) groups excluding carboxylic acids is 1. The second kappa shape index (κ2) is 5.77. The van der Waals surface area contributed by atoms with Gasteiger partial charge in [0.1, 0.15) is 11.6 Å². The molecule has 1 aromatic heterocycles. The van der Waals surface area contributed by atoms with Crippen LogP contribution in [0.5, 0.6) is 5.75 Å². The first-order valence-corrected chi connectivity index (χ1v) is 6.46. The van der Waals surface area contributed by atoms with Crippen molar-refractivity contribution in [3.8, 4) is 5.75 Å². The lowest BCUT2D eigenvalue weighted by atomic mass is 10.1. The number of anilines is 1. The van der Waals surface area contributed by atoms with Crippen LogP contribution in [0.25, 0.3) is 0 Å². The number of nitrogens with two attached hydrogens (primary N) is 1. The number of aromatic hydroxyl groups is 1. The van der Waals surface area contributed by atoms with E-state index in [1.54, 1.807) is 31.2 Å². The van der Waals surface area contributed by atoms with Crippen molar-refractivity contribution in [1.29, 1.82) is 0 Å². The number of benzene rings is 1. The highest BCUT2D eigenvalue weighted by Gasteiger charge is 2.15. The monoisotopic (exact) mass is 278 g/mol. The van der Waals surface area contributed by atoms with E-state index in [0.717, 1.165) is 17.1 Å². The summed E-state index contributed by atoms with van der Waals surface area (Å²) in [5, 5.41) is 12.2. The Hall–Kier alpha value is -1.99. The van der Waals surface area contributed by atoms with E-state index < -0.39 is 6.04 Å². The largest absolute Gasteiger partial charge is 0.508 e. The van der Waals surface area contributed by atoms with Gasteiger partial charge in [0.2, 0.25) is 11.0 Å². The highest BCUT2D eigenvalue weighted by Crippen LogP contribution is 2.13. The number of nitrogens with zero attached hydrogens (tertiary/aromatic N) is 2. The van der Waals surface area contributed by atoms with Gasteiger partial charge in [-0.1, -0.05) is 12.1 Å². The summed E-state index contributed by atoms with van der Waals surface area (Å²) in [6.07, 6.45) is 0.393. The smallest absolute Gasteiger partial charge is 0.243 e. The Bertz CT molecular complexity index is 567. The van der Waals surface area contributed by atoms with E-state index in [1.807, 2.05) is 0 Å². The maximum absolute atomic E-state index is 11.8. The molecule has 6 nitrogen and oxygen atoms in total. The minimum absolute atomic E-state index is 0.186. The zero-order valence-electron chi connectivity index (χ0n) is 10.3. The number of hydrogen-bond acceptors (Lipinski definition) is 6. The first-order chi connectivity index (χ1) is 9.04. The Morgan fingerprint density at radius 3 is 2.74 bits per heavy atom. The molecule has 0 aliphatic carbocycles. The maximum Gasteiger partial charge on any atom is 0.243 e. The summed E-state index contributed by atoms with van der Waals surface area (Å²) in [5.74, 6) is 0.503. The Kier molecular flexibility index (Phi) is 4.08. The number of hydrogen-bond donors (Lipinski definition) is 3.